The Bertz CT molecular complexity index is 868. The smallest absolute Gasteiger partial charge is 0.204 e. The van der Waals surface area contributed by atoms with E-state index in [4.69, 9.17) is 4.74 Å². The molecule has 0 N–H and O–H groups in total. The highest BCUT2D eigenvalue weighted by Gasteiger charge is 2.12. The van der Waals surface area contributed by atoms with Crippen LogP contribution in [0.5, 0.6) is 5.75 Å². The maximum Gasteiger partial charge on any atom is 0.204 e. The summed E-state index contributed by atoms with van der Waals surface area (Å²) >= 11 is 0. The van der Waals surface area contributed by atoms with E-state index in [9.17, 15) is 4.79 Å². The van der Waals surface area contributed by atoms with Gasteiger partial charge in [0.2, 0.25) is 5.82 Å². The first-order chi connectivity index (χ1) is 12.6. The number of aromatic nitrogens is 4. The van der Waals surface area contributed by atoms with Crippen molar-refractivity contribution < 1.29 is 9.53 Å². The molecule has 0 spiro atoms. The van der Waals surface area contributed by atoms with Gasteiger partial charge in [-0.15, -0.1) is 10.2 Å². The minimum atomic E-state index is -0.0767. The Kier molecular flexibility index (Phi) is 5.41. The molecule has 0 radical (unpaired) electrons. The van der Waals surface area contributed by atoms with E-state index in [1.54, 1.807) is 24.3 Å². The highest BCUT2D eigenvalue weighted by atomic mass is 16.5. The Labute approximate surface area is 152 Å². The third kappa shape index (κ3) is 4.14. The largest absolute Gasteiger partial charge is 0.494 e. The van der Waals surface area contributed by atoms with Gasteiger partial charge in [0.05, 0.1) is 6.61 Å². The van der Waals surface area contributed by atoms with Crippen LogP contribution in [0.25, 0.3) is 11.4 Å². The lowest BCUT2D eigenvalue weighted by Crippen LogP contribution is -2.13. The molecule has 26 heavy (non-hydrogen) atoms. The molecule has 0 saturated heterocycles. The first-order valence-corrected chi connectivity index (χ1v) is 8.71. The lowest BCUT2D eigenvalue weighted by molar-refractivity contribution is 0.0961. The SMILES string of the molecule is CCOc1ccc(C(=O)Cn2nnc(-c3ccc(C(C)C)cc3)n2)cc1. The fourth-order valence-corrected chi connectivity index (χ4v) is 2.57. The van der Waals surface area contributed by atoms with Crippen LogP contribution in [0.15, 0.2) is 48.5 Å². The molecule has 0 saturated carbocycles. The number of benzene rings is 2. The van der Waals surface area contributed by atoms with Gasteiger partial charge < -0.3 is 4.74 Å². The van der Waals surface area contributed by atoms with Crippen LogP contribution in [0.1, 0.15) is 42.6 Å². The summed E-state index contributed by atoms with van der Waals surface area (Å²) in [4.78, 5) is 13.7. The molecule has 0 aliphatic heterocycles. The minimum absolute atomic E-state index is 0.0467. The van der Waals surface area contributed by atoms with Crippen molar-refractivity contribution in [3.8, 4) is 17.1 Å². The second-order valence-corrected chi connectivity index (χ2v) is 6.30. The Morgan fingerprint density at radius 2 is 1.77 bits per heavy atom. The number of carbonyl (C=O) groups is 1. The zero-order valence-corrected chi connectivity index (χ0v) is 15.2. The third-order valence-electron chi connectivity index (χ3n) is 4.06. The third-order valence-corrected chi connectivity index (χ3v) is 4.06. The number of ketones is 1. The number of Topliss-reactive ketones (excluding diaryl/α,β-unsaturated/α-hetero) is 1. The van der Waals surface area contributed by atoms with Gasteiger partial charge in [-0.1, -0.05) is 38.1 Å². The fourth-order valence-electron chi connectivity index (χ4n) is 2.57. The van der Waals surface area contributed by atoms with Crippen LogP contribution in [-0.2, 0) is 6.54 Å². The summed E-state index contributed by atoms with van der Waals surface area (Å²) < 4.78 is 5.38. The summed E-state index contributed by atoms with van der Waals surface area (Å²) in [5.74, 6) is 1.65. The molecular formula is C20H22N4O2. The van der Waals surface area contributed by atoms with Crippen molar-refractivity contribution in [2.45, 2.75) is 33.2 Å². The molecule has 3 aromatic rings. The quantitative estimate of drug-likeness (QED) is 0.607. The van der Waals surface area contributed by atoms with Gasteiger partial charge in [-0.3, -0.25) is 4.79 Å². The van der Waals surface area contributed by atoms with Crippen molar-refractivity contribution >= 4 is 5.78 Å². The number of hydrogen-bond donors (Lipinski definition) is 0. The molecule has 0 unspecified atom stereocenters. The van der Waals surface area contributed by atoms with Crippen molar-refractivity contribution in [1.82, 2.24) is 20.2 Å². The Morgan fingerprint density at radius 3 is 2.38 bits per heavy atom. The molecule has 6 nitrogen and oxygen atoms in total. The van der Waals surface area contributed by atoms with Crippen LogP contribution in [0.3, 0.4) is 0 Å². The standard InChI is InChI=1S/C20H22N4O2/c1-4-26-18-11-9-16(10-12-18)19(25)13-24-22-20(21-23-24)17-7-5-15(6-8-17)14(2)3/h5-12,14H,4,13H2,1-3H3. The van der Waals surface area contributed by atoms with Crippen molar-refractivity contribution in [2.24, 2.45) is 0 Å². The van der Waals surface area contributed by atoms with Gasteiger partial charge in [-0.05, 0) is 47.9 Å². The lowest BCUT2D eigenvalue weighted by atomic mass is 10.0. The first-order valence-electron chi connectivity index (χ1n) is 8.71. The van der Waals surface area contributed by atoms with Gasteiger partial charge in [-0.25, -0.2) is 0 Å². The fraction of sp³-hybridized carbons (Fsp3) is 0.300. The molecule has 0 aliphatic carbocycles. The second kappa shape index (κ2) is 7.91. The molecule has 1 heterocycles. The van der Waals surface area contributed by atoms with E-state index in [0.717, 1.165) is 11.3 Å². The average Bonchev–Trinajstić information content (AvgIpc) is 3.11. The summed E-state index contributed by atoms with van der Waals surface area (Å²) in [6, 6.07) is 15.1. The highest BCUT2D eigenvalue weighted by Crippen LogP contribution is 2.19. The van der Waals surface area contributed by atoms with E-state index in [1.165, 1.54) is 10.4 Å². The number of ether oxygens (including phenoxy) is 1. The Morgan fingerprint density at radius 1 is 1.08 bits per heavy atom. The lowest BCUT2D eigenvalue weighted by Gasteiger charge is -2.05. The van der Waals surface area contributed by atoms with Crippen molar-refractivity contribution in [2.75, 3.05) is 6.61 Å². The zero-order chi connectivity index (χ0) is 18.5. The van der Waals surface area contributed by atoms with Gasteiger partial charge in [0.1, 0.15) is 12.3 Å². The van der Waals surface area contributed by atoms with Crippen molar-refractivity contribution in [3.63, 3.8) is 0 Å². The van der Waals surface area contributed by atoms with Gasteiger partial charge in [0.15, 0.2) is 5.78 Å². The summed E-state index contributed by atoms with van der Waals surface area (Å²) in [5.41, 5.74) is 2.73. The molecular weight excluding hydrogens is 328 g/mol. The van der Waals surface area contributed by atoms with E-state index in [1.807, 2.05) is 19.1 Å². The van der Waals surface area contributed by atoms with Gasteiger partial charge in [0.25, 0.3) is 0 Å². The Balaban J connectivity index is 1.68. The number of tetrazole rings is 1. The highest BCUT2D eigenvalue weighted by molar-refractivity contribution is 5.95. The van der Waals surface area contributed by atoms with E-state index in [2.05, 4.69) is 41.4 Å². The minimum Gasteiger partial charge on any atom is -0.494 e. The molecule has 0 atom stereocenters. The number of hydrogen-bond acceptors (Lipinski definition) is 5. The van der Waals surface area contributed by atoms with Crippen molar-refractivity contribution in [3.05, 3.63) is 59.7 Å². The van der Waals surface area contributed by atoms with E-state index < -0.39 is 0 Å². The second-order valence-electron chi connectivity index (χ2n) is 6.30. The van der Waals surface area contributed by atoms with Gasteiger partial charge in [0, 0.05) is 11.1 Å². The first kappa shape index (κ1) is 17.8. The maximum atomic E-state index is 12.4. The molecule has 0 amide bonds. The van der Waals surface area contributed by atoms with Crippen LogP contribution in [0, 0.1) is 0 Å². The van der Waals surface area contributed by atoms with Crippen LogP contribution >= 0.6 is 0 Å². The summed E-state index contributed by atoms with van der Waals surface area (Å²) in [5, 5.41) is 12.4. The number of nitrogens with zero attached hydrogens (tertiary/aromatic N) is 4. The molecule has 0 bridgehead atoms. The number of rotatable bonds is 7. The predicted molar refractivity (Wildman–Crippen MR) is 99.3 cm³/mol. The van der Waals surface area contributed by atoms with Crippen molar-refractivity contribution in [1.29, 1.82) is 0 Å². The molecule has 2 aromatic carbocycles. The van der Waals surface area contributed by atoms with E-state index in [0.29, 0.717) is 23.9 Å². The predicted octanol–water partition coefficient (Wildman–Crippen LogP) is 3.75. The molecule has 0 aliphatic rings. The summed E-state index contributed by atoms with van der Waals surface area (Å²) in [7, 11) is 0. The molecule has 0 fully saturated rings. The summed E-state index contributed by atoms with van der Waals surface area (Å²) in [6.07, 6.45) is 0. The summed E-state index contributed by atoms with van der Waals surface area (Å²) in [6.45, 7) is 6.86. The normalized spacial score (nSPS) is 10.9. The zero-order valence-electron chi connectivity index (χ0n) is 15.2. The van der Waals surface area contributed by atoms with E-state index >= 15 is 0 Å². The van der Waals surface area contributed by atoms with Crippen LogP contribution in [-0.4, -0.2) is 32.6 Å². The van der Waals surface area contributed by atoms with Gasteiger partial charge >= 0.3 is 0 Å². The van der Waals surface area contributed by atoms with E-state index in [-0.39, 0.29) is 12.3 Å². The maximum absolute atomic E-state index is 12.4. The average molecular weight is 350 g/mol. The Hall–Kier alpha value is -3.02. The monoisotopic (exact) mass is 350 g/mol. The van der Waals surface area contributed by atoms with Crippen LogP contribution < -0.4 is 4.74 Å². The molecule has 3 rings (SSSR count). The number of carbonyl (C=O) groups excluding carboxylic acids is 1. The molecule has 134 valence electrons. The van der Waals surface area contributed by atoms with Gasteiger partial charge in [-0.2, -0.15) is 4.80 Å². The molecule has 1 aromatic heterocycles. The topological polar surface area (TPSA) is 69.9 Å². The molecule has 6 heteroatoms. The van der Waals surface area contributed by atoms with Crippen LogP contribution in [0.2, 0.25) is 0 Å². The van der Waals surface area contributed by atoms with Crippen LogP contribution in [0.4, 0.5) is 0 Å².